The van der Waals surface area contributed by atoms with Crippen molar-refractivity contribution in [2.45, 2.75) is 45.1 Å². The van der Waals surface area contributed by atoms with E-state index in [0.717, 1.165) is 31.8 Å². The number of nitrogens with zero attached hydrogens (tertiary/aromatic N) is 1. The number of rotatable bonds is 9. The molecule has 2 rings (SSSR count). The van der Waals surface area contributed by atoms with Crippen LogP contribution in [0.15, 0.2) is 17.5 Å². The summed E-state index contributed by atoms with van der Waals surface area (Å²) in [5.41, 5.74) is 5.01. The van der Waals surface area contributed by atoms with Crippen LogP contribution in [0.5, 0.6) is 0 Å². The Morgan fingerprint density at radius 2 is 2.08 bits per heavy atom. The van der Waals surface area contributed by atoms with Crippen LogP contribution in [0.3, 0.4) is 0 Å². The van der Waals surface area contributed by atoms with E-state index in [1.165, 1.54) is 17.7 Å². The van der Waals surface area contributed by atoms with Crippen molar-refractivity contribution in [2.75, 3.05) is 26.2 Å². The summed E-state index contributed by atoms with van der Waals surface area (Å²) in [6, 6.07) is 3.99. The maximum atomic E-state index is 12.1. The molecular weight excluding hydrogens is 336 g/mol. The van der Waals surface area contributed by atoms with Gasteiger partial charge in [0.25, 0.3) is 0 Å². The fourth-order valence-electron chi connectivity index (χ4n) is 3.15. The van der Waals surface area contributed by atoms with Gasteiger partial charge in [-0.05, 0) is 56.1 Å². The molecular formula is C18H30N4O2S. The molecule has 1 aliphatic heterocycles. The minimum absolute atomic E-state index is 0.0750. The first-order valence-corrected chi connectivity index (χ1v) is 10.0. The van der Waals surface area contributed by atoms with Crippen molar-refractivity contribution < 1.29 is 9.59 Å². The van der Waals surface area contributed by atoms with Crippen molar-refractivity contribution in [3.8, 4) is 0 Å². The topological polar surface area (TPSA) is 87.5 Å². The highest BCUT2D eigenvalue weighted by atomic mass is 32.1. The maximum absolute atomic E-state index is 12.1. The molecule has 1 aromatic heterocycles. The van der Waals surface area contributed by atoms with Crippen LogP contribution in [0.25, 0.3) is 0 Å². The fourth-order valence-corrected chi connectivity index (χ4v) is 4.01. The van der Waals surface area contributed by atoms with Crippen molar-refractivity contribution in [1.82, 2.24) is 15.5 Å². The van der Waals surface area contributed by atoms with E-state index in [2.05, 4.69) is 40.0 Å². The van der Waals surface area contributed by atoms with Crippen molar-refractivity contribution >= 4 is 23.3 Å². The molecule has 1 unspecified atom stereocenters. The van der Waals surface area contributed by atoms with Gasteiger partial charge in [0, 0.05) is 24.4 Å². The second kappa shape index (κ2) is 10.4. The molecule has 0 aliphatic carbocycles. The van der Waals surface area contributed by atoms with Crippen LogP contribution in [0.1, 0.15) is 49.9 Å². The number of nitrogens with two attached hydrogens (primary N) is 1. The summed E-state index contributed by atoms with van der Waals surface area (Å²) in [6.07, 6.45) is 4.44. The number of hydrogen-bond acceptors (Lipinski definition) is 4. The molecule has 0 aromatic carbocycles. The van der Waals surface area contributed by atoms with Gasteiger partial charge in [0.15, 0.2) is 0 Å². The SMILES string of the molecule is CC1CCN(C(CNC(=O)CCCCNC(N)=O)c2cccs2)CC1. The van der Waals surface area contributed by atoms with Crippen molar-refractivity contribution in [1.29, 1.82) is 0 Å². The molecule has 0 radical (unpaired) electrons. The Morgan fingerprint density at radius 1 is 1.32 bits per heavy atom. The number of piperidine rings is 1. The third-order valence-corrected chi connectivity index (χ3v) is 5.73. The predicted molar refractivity (Wildman–Crippen MR) is 101 cm³/mol. The van der Waals surface area contributed by atoms with Gasteiger partial charge in [-0.15, -0.1) is 11.3 Å². The van der Waals surface area contributed by atoms with E-state index in [9.17, 15) is 9.59 Å². The number of hydrogen-bond donors (Lipinski definition) is 3. The monoisotopic (exact) mass is 366 g/mol. The number of carbonyl (C=O) groups is 2. The highest BCUT2D eigenvalue weighted by Crippen LogP contribution is 2.29. The zero-order valence-electron chi connectivity index (χ0n) is 15.0. The molecule has 1 aromatic rings. The quantitative estimate of drug-likeness (QED) is 0.587. The number of carbonyl (C=O) groups excluding carboxylic acids is 2. The van der Waals surface area contributed by atoms with Crippen LogP contribution >= 0.6 is 11.3 Å². The Bertz CT molecular complexity index is 527. The van der Waals surface area contributed by atoms with Gasteiger partial charge >= 0.3 is 6.03 Å². The Morgan fingerprint density at radius 3 is 2.72 bits per heavy atom. The van der Waals surface area contributed by atoms with Gasteiger partial charge < -0.3 is 16.4 Å². The van der Waals surface area contributed by atoms with Gasteiger partial charge in [0.1, 0.15) is 0 Å². The molecule has 25 heavy (non-hydrogen) atoms. The summed E-state index contributed by atoms with van der Waals surface area (Å²) >= 11 is 1.76. The molecule has 7 heteroatoms. The average molecular weight is 367 g/mol. The molecule has 140 valence electrons. The van der Waals surface area contributed by atoms with E-state index in [0.29, 0.717) is 19.5 Å². The normalized spacial score (nSPS) is 17.2. The average Bonchev–Trinajstić information content (AvgIpc) is 3.10. The molecule has 0 saturated carbocycles. The molecule has 1 atom stereocenters. The first-order valence-electron chi connectivity index (χ1n) is 9.13. The van der Waals surface area contributed by atoms with E-state index in [1.54, 1.807) is 11.3 Å². The number of urea groups is 1. The van der Waals surface area contributed by atoms with E-state index < -0.39 is 6.03 Å². The van der Waals surface area contributed by atoms with Crippen LogP contribution < -0.4 is 16.4 Å². The molecule has 0 spiro atoms. The van der Waals surface area contributed by atoms with E-state index in [4.69, 9.17) is 5.73 Å². The number of thiophene rings is 1. The first-order chi connectivity index (χ1) is 12.1. The third-order valence-electron chi connectivity index (χ3n) is 4.75. The molecule has 4 N–H and O–H groups in total. The zero-order valence-corrected chi connectivity index (χ0v) is 15.8. The Labute approximate surface area is 154 Å². The summed E-state index contributed by atoms with van der Waals surface area (Å²) in [6.45, 7) is 5.68. The van der Waals surface area contributed by atoms with Crippen LogP contribution in [-0.2, 0) is 4.79 Å². The number of primary amides is 1. The minimum atomic E-state index is -0.515. The molecule has 1 saturated heterocycles. The third kappa shape index (κ3) is 7.04. The lowest BCUT2D eigenvalue weighted by Crippen LogP contribution is -2.41. The standard InChI is InChI=1S/C18H30N4O2S/c1-14-7-10-22(11-8-14)15(16-5-4-12-25-16)13-21-17(23)6-2-3-9-20-18(19)24/h4-5,12,14-15H,2-3,6-11,13H2,1H3,(H,21,23)(H3,19,20,24). The van der Waals surface area contributed by atoms with Crippen LogP contribution in [0.2, 0.25) is 0 Å². The lowest BCUT2D eigenvalue weighted by molar-refractivity contribution is -0.121. The van der Waals surface area contributed by atoms with Crippen LogP contribution in [0, 0.1) is 5.92 Å². The number of nitrogens with one attached hydrogen (secondary N) is 2. The lowest BCUT2D eigenvalue weighted by Gasteiger charge is -2.36. The van der Waals surface area contributed by atoms with Gasteiger partial charge in [-0.3, -0.25) is 9.69 Å². The van der Waals surface area contributed by atoms with Crippen molar-refractivity contribution in [3.63, 3.8) is 0 Å². The second-order valence-electron chi connectivity index (χ2n) is 6.80. The highest BCUT2D eigenvalue weighted by molar-refractivity contribution is 7.10. The van der Waals surface area contributed by atoms with Gasteiger partial charge in [-0.2, -0.15) is 0 Å². The summed E-state index contributed by atoms with van der Waals surface area (Å²) < 4.78 is 0. The summed E-state index contributed by atoms with van der Waals surface area (Å²) in [7, 11) is 0. The maximum Gasteiger partial charge on any atom is 0.312 e. The van der Waals surface area contributed by atoms with Gasteiger partial charge in [-0.25, -0.2) is 4.79 Å². The Hall–Kier alpha value is -1.60. The summed E-state index contributed by atoms with van der Waals surface area (Å²) in [5, 5.41) is 7.73. The van der Waals surface area contributed by atoms with Gasteiger partial charge in [0.2, 0.25) is 5.91 Å². The Balaban J connectivity index is 1.76. The van der Waals surface area contributed by atoms with Gasteiger partial charge in [-0.1, -0.05) is 13.0 Å². The van der Waals surface area contributed by atoms with E-state index in [-0.39, 0.29) is 11.9 Å². The van der Waals surface area contributed by atoms with Crippen molar-refractivity contribution in [3.05, 3.63) is 22.4 Å². The molecule has 1 aliphatic rings. The van der Waals surface area contributed by atoms with E-state index in [1.807, 2.05) is 0 Å². The van der Waals surface area contributed by atoms with Gasteiger partial charge in [0.05, 0.1) is 6.04 Å². The fraction of sp³-hybridized carbons (Fsp3) is 0.667. The number of amides is 3. The molecule has 6 nitrogen and oxygen atoms in total. The van der Waals surface area contributed by atoms with Crippen LogP contribution in [-0.4, -0.2) is 43.0 Å². The molecule has 0 bridgehead atoms. The summed E-state index contributed by atoms with van der Waals surface area (Å²) in [4.78, 5) is 26.5. The smallest absolute Gasteiger partial charge is 0.312 e. The minimum Gasteiger partial charge on any atom is -0.354 e. The second-order valence-corrected chi connectivity index (χ2v) is 7.78. The predicted octanol–water partition coefficient (Wildman–Crippen LogP) is 2.48. The Kier molecular flexibility index (Phi) is 8.21. The first kappa shape index (κ1) is 19.7. The lowest BCUT2D eigenvalue weighted by atomic mass is 9.97. The van der Waals surface area contributed by atoms with Crippen molar-refractivity contribution in [2.24, 2.45) is 11.7 Å². The number of likely N-dealkylation sites (tertiary alicyclic amines) is 1. The van der Waals surface area contributed by atoms with Crippen LogP contribution in [0.4, 0.5) is 4.79 Å². The highest BCUT2D eigenvalue weighted by Gasteiger charge is 2.25. The number of unbranched alkanes of at least 4 members (excludes halogenated alkanes) is 1. The molecule has 3 amide bonds. The van der Waals surface area contributed by atoms with E-state index >= 15 is 0 Å². The molecule has 2 heterocycles. The zero-order chi connectivity index (χ0) is 18.1. The summed E-state index contributed by atoms with van der Waals surface area (Å²) in [5.74, 6) is 0.870. The molecule has 1 fully saturated rings. The largest absolute Gasteiger partial charge is 0.354 e.